The van der Waals surface area contributed by atoms with Gasteiger partial charge in [-0.2, -0.15) is 0 Å². The molecule has 0 bridgehead atoms. The molecule has 16 nitrogen and oxygen atoms in total. The fourth-order valence-corrected chi connectivity index (χ4v) is 7.78. The van der Waals surface area contributed by atoms with Crippen LogP contribution in [0.3, 0.4) is 0 Å². The number of amides is 2. The Labute approximate surface area is 348 Å². The van der Waals surface area contributed by atoms with Crippen molar-refractivity contribution >= 4 is 23.9 Å². The Bertz CT molecular complexity index is 2150. The van der Waals surface area contributed by atoms with Gasteiger partial charge >= 0.3 is 24.0 Å². The molecule has 4 aromatic rings. The molecule has 2 amide bonds. The number of aliphatic carboxylic acids is 1. The molecular formula is C44H54N6O10. The Hall–Kier alpha value is -6.16. The lowest BCUT2D eigenvalue weighted by molar-refractivity contribution is -0.170. The molecular weight excluding hydrogens is 773 g/mol. The number of hydrogen-bond donors (Lipinski definition) is 5. The van der Waals surface area contributed by atoms with Gasteiger partial charge in [-0.15, -0.1) is 5.10 Å². The molecule has 320 valence electrons. The van der Waals surface area contributed by atoms with E-state index < -0.39 is 41.7 Å². The number of phenols is 2. The largest absolute Gasteiger partial charge is 0.508 e. The smallest absolute Gasteiger partial charge is 0.408 e. The van der Waals surface area contributed by atoms with Crippen LogP contribution >= 0.6 is 0 Å². The Kier molecular flexibility index (Phi) is 13.3. The molecule has 5 N–H and O–H groups in total. The van der Waals surface area contributed by atoms with Gasteiger partial charge in [0.25, 0.3) is 0 Å². The summed E-state index contributed by atoms with van der Waals surface area (Å²) in [7, 11) is 0. The number of nitrogens with one attached hydrogen (secondary N) is 1. The van der Waals surface area contributed by atoms with Crippen molar-refractivity contribution in [2.24, 2.45) is 11.8 Å². The molecule has 3 heterocycles. The first-order chi connectivity index (χ1) is 28.5. The number of carboxylic acid groups (broad SMARTS) is 1. The van der Waals surface area contributed by atoms with Gasteiger partial charge in [0, 0.05) is 31.6 Å². The van der Waals surface area contributed by atoms with E-state index in [-0.39, 0.29) is 41.1 Å². The van der Waals surface area contributed by atoms with E-state index in [1.165, 1.54) is 10.6 Å². The highest BCUT2D eigenvalue weighted by atomic mass is 16.6. The lowest BCUT2D eigenvalue weighted by atomic mass is 9.91. The molecule has 60 heavy (non-hydrogen) atoms. The number of alkyl carbamates (subject to hydrolysis) is 1. The summed E-state index contributed by atoms with van der Waals surface area (Å²) in [6, 6.07) is 17.3. The monoisotopic (exact) mass is 826 g/mol. The van der Waals surface area contributed by atoms with Gasteiger partial charge < -0.3 is 40.1 Å². The predicted octanol–water partition coefficient (Wildman–Crippen LogP) is 5.89. The van der Waals surface area contributed by atoms with Crippen molar-refractivity contribution in [1.29, 1.82) is 0 Å². The highest BCUT2D eigenvalue weighted by Crippen LogP contribution is 2.39. The summed E-state index contributed by atoms with van der Waals surface area (Å²) in [6.07, 6.45) is -0.554. The van der Waals surface area contributed by atoms with Gasteiger partial charge in [-0.1, -0.05) is 61.4 Å². The second-order valence-corrected chi connectivity index (χ2v) is 16.8. The molecule has 3 aromatic carbocycles. The van der Waals surface area contributed by atoms with Crippen LogP contribution < -0.4 is 5.32 Å². The summed E-state index contributed by atoms with van der Waals surface area (Å²) < 4.78 is 12.4. The number of esters is 1. The zero-order valence-corrected chi connectivity index (χ0v) is 34.6. The summed E-state index contributed by atoms with van der Waals surface area (Å²) in [5, 5.41) is 52.2. The molecule has 2 fully saturated rings. The van der Waals surface area contributed by atoms with Gasteiger partial charge in [-0.25, -0.2) is 14.2 Å². The molecule has 2 atom stereocenters. The number of aromatic nitrogens is 3. The van der Waals surface area contributed by atoms with Crippen molar-refractivity contribution in [3.63, 3.8) is 0 Å². The summed E-state index contributed by atoms with van der Waals surface area (Å²) in [5.41, 5.74) is 2.16. The number of carbonyl (C=O) groups excluding carboxylic acids is 3. The summed E-state index contributed by atoms with van der Waals surface area (Å²) in [4.78, 5) is 56.2. The van der Waals surface area contributed by atoms with E-state index in [0.29, 0.717) is 80.8 Å². The van der Waals surface area contributed by atoms with E-state index in [0.717, 1.165) is 5.56 Å². The maximum absolute atomic E-state index is 13.6. The highest BCUT2D eigenvalue weighted by molar-refractivity contribution is 5.82. The van der Waals surface area contributed by atoms with Crippen LogP contribution in [0.15, 0.2) is 66.7 Å². The fraction of sp³-hybridized carbons (Fsp3) is 0.455. The van der Waals surface area contributed by atoms with Crippen molar-refractivity contribution in [3.05, 3.63) is 83.4 Å². The van der Waals surface area contributed by atoms with E-state index in [2.05, 4.69) is 20.4 Å². The van der Waals surface area contributed by atoms with Crippen LogP contribution in [0.25, 0.3) is 17.1 Å². The minimum Gasteiger partial charge on any atom is -0.508 e. The number of phenolic OH excluding ortho intramolecular Hbond substituents is 2. The third kappa shape index (κ3) is 10.3. The molecule has 2 aliphatic rings. The third-order valence-electron chi connectivity index (χ3n) is 11.0. The molecule has 0 radical (unpaired) electrons. The average molecular weight is 827 g/mol. The number of piperidine rings is 2. The number of ether oxygens (including phenoxy) is 2. The SMILES string of the molecule is CC(C)c1cc(-c2nnc(O)n2-c2ccc(CN3CCC(C(=O)N4CCC(C(=O)OC(C(=O)O)C(NC(=O)OC(C)(C)C)c5ccccc5)CC4)CC3)cc2)c(O)cc1O. The normalized spacial score (nSPS) is 16.6. The molecule has 2 aliphatic heterocycles. The number of carboxylic acids is 1. The van der Waals surface area contributed by atoms with E-state index >= 15 is 0 Å². The first-order valence-corrected chi connectivity index (χ1v) is 20.3. The van der Waals surface area contributed by atoms with Gasteiger partial charge in [0.15, 0.2) is 5.82 Å². The minimum atomic E-state index is -1.71. The number of likely N-dealkylation sites (tertiary alicyclic amines) is 2. The molecule has 1 aromatic heterocycles. The van der Waals surface area contributed by atoms with Crippen LogP contribution in [0.4, 0.5) is 4.79 Å². The second kappa shape index (κ2) is 18.4. The Balaban J connectivity index is 1.00. The van der Waals surface area contributed by atoms with Crippen molar-refractivity contribution in [2.75, 3.05) is 26.2 Å². The maximum atomic E-state index is 13.6. The quantitative estimate of drug-likeness (QED) is 0.106. The number of rotatable bonds is 12. The predicted molar refractivity (Wildman–Crippen MR) is 219 cm³/mol. The number of carbonyl (C=O) groups is 4. The number of hydrogen-bond acceptors (Lipinski definition) is 12. The Morgan fingerprint density at radius 2 is 1.47 bits per heavy atom. The molecule has 2 unspecified atom stereocenters. The third-order valence-corrected chi connectivity index (χ3v) is 11.0. The molecule has 0 aliphatic carbocycles. The molecule has 0 spiro atoms. The lowest BCUT2D eigenvalue weighted by Crippen LogP contribution is -2.48. The molecule has 2 saturated heterocycles. The van der Waals surface area contributed by atoms with Crippen molar-refractivity contribution in [3.8, 4) is 34.6 Å². The number of benzene rings is 3. The van der Waals surface area contributed by atoms with Crippen LogP contribution in [0.1, 0.15) is 89.0 Å². The van der Waals surface area contributed by atoms with Gasteiger partial charge in [0.1, 0.15) is 23.1 Å². The first-order valence-electron chi connectivity index (χ1n) is 20.3. The van der Waals surface area contributed by atoms with Crippen molar-refractivity contribution < 1.29 is 49.1 Å². The summed E-state index contributed by atoms with van der Waals surface area (Å²) in [5.74, 6) is -2.85. The van der Waals surface area contributed by atoms with E-state index in [4.69, 9.17) is 9.47 Å². The standard InChI is InChI=1S/C44H54N6O10/c1-26(2)32-23-33(35(52)24-34(32)51)38-46-47-42(57)50(38)31-13-11-27(12-14-31)25-48-19-15-29(16-20-48)39(53)49-21-17-30(18-22-49)41(56)59-37(40(54)55)36(28-9-7-6-8-10-28)45-43(58)60-44(3,4)5/h6-14,23-24,26,29-30,36-37,51-52H,15-22,25H2,1-5H3,(H,45,58)(H,47,57)(H,54,55). The van der Waals surface area contributed by atoms with E-state index in [1.807, 2.05) is 38.1 Å². The lowest BCUT2D eigenvalue weighted by Gasteiger charge is -2.37. The van der Waals surface area contributed by atoms with Crippen LogP contribution in [0.5, 0.6) is 17.5 Å². The van der Waals surface area contributed by atoms with Gasteiger partial charge in [-0.3, -0.25) is 14.5 Å². The topological polar surface area (TPSA) is 217 Å². The molecule has 6 rings (SSSR count). The van der Waals surface area contributed by atoms with Gasteiger partial charge in [0.05, 0.1) is 17.2 Å². The highest BCUT2D eigenvalue weighted by Gasteiger charge is 2.39. The van der Waals surface area contributed by atoms with Crippen molar-refractivity contribution in [2.45, 2.75) is 90.5 Å². The van der Waals surface area contributed by atoms with Crippen LogP contribution in [-0.4, -0.2) is 107 Å². The molecule has 16 heteroatoms. The minimum absolute atomic E-state index is 0.0203. The van der Waals surface area contributed by atoms with Crippen LogP contribution in [0, 0.1) is 11.8 Å². The molecule has 0 saturated carbocycles. The van der Waals surface area contributed by atoms with Gasteiger partial charge in [0.2, 0.25) is 12.0 Å². The first kappa shape index (κ1) is 43.4. The van der Waals surface area contributed by atoms with Gasteiger partial charge in [-0.05, 0) is 100 Å². The second-order valence-electron chi connectivity index (χ2n) is 16.8. The number of nitrogens with zero attached hydrogens (tertiary/aromatic N) is 5. The fourth-order valence-electron chi connectivity index (χ4n) is 7.78. The van der Waals surface area contributed by atoms with Crippen LogP contribution in [0.2, 0.25) is 0 Å². The van der Waals surface area contributed by atoms with E-state index in [9.17, 15) is 39.6 Å². The zero-order chi connectivity index (χ0) is 43.3. The van der Waals surface area contributed by atoms with E-state index in [1.54, 1.807) is 62.1 Å². The van der Waals surface area contributed by atoms with Crippen molar-refractivity contribution in [1.82, 2.24) is 29.9 Å². The Morgan fingerprint density at radius 3 is 2.07 bits per heavy atom. The van der Waals surface area contributed by atoms with Crippen LogP contribution in [-0.2, 0) is 30.4 Å². The summed E-state index contributed by atoms with van der Waals surface area (Å²) >= 11 is 0. The summed E-state index contributed by atoms with van der Waals surface area (Å²) in [6.45, 7) is 11.7. The number of aromatic hydroxyl groups is 3. The average Bonchev–Trinajstić information content (AvgIpc) is 3.59. The zero-order valence-electron chi connectivity index (χ0n) is 34.6. The Morgan fingerprint density at radius 1 is 0.833 bits per heavy atom. The maximum Gasteiger partial charge on any atom is 0.408 e.